The Morgan fingerprint density at radius 1 is 0.286 bits per heavy atom. The minimum atomic E-state index is 0.913. The van der Waals surface area contributed by atoms with E-state index in [1.807, 2.05) is 6.07 Å². The maximum atomic E-state index is 6.40. The molecule has 0 atom stereocenters. The molecule has 0 aliphatic heterocycles. The minimum Gasteiger partial charge on any atom is -0.456 e. The van der Waals surface area contributed by atoms with E-state index in [0.29, 0.717) is 0 Å². The van der Waals surface area contributed by atoms with E-state index in [1.54, 1.807) is 0 Å². The molecule has 0 unspecified atom stereocenters. The lowest BCUT2D eigenvalue weighted by molar-refractivity contribution is 0.669. The number of benzene rings is 10. The van der Waals surface area contributed by atoms with Gasteiger partial charge in [-0.3, -0.25) is 0 Å². The first-order valence-corrected chi connectivity index (χ1v) is 19.2. The Kier molecular flexibility index (Phi) is 7.53. The van der Waals surface area contributed by atoms with Gasteiger partial charge in [0, 0.05) is 33.1 Å². The van der Waals surface area contributed by atoms with E-state index in [0.717, 1.165) is 33.6 Å². The lowest BCUT2D eigenvalue weighted by Crippen LogP contribution is -2.11. The normalized spacial score (nSPS) is 11.6. The van der Waals surface area contributed by atoms with Crippen molar-refractivity contribution in [3.8, 4) is 33.4 Å². The third-order valence-corrected chi connectivity index (χ3v) is 11.2. The average Bonchev–Trinajstić information content (AvgIpc) is 3.66. The fraction of sp³-hybridized carbons (Fsp3) is 0. The molecule has 0 radical (unpaired) electrons. The van der Waals surface area contributed by atoms with Gasteiger partial charge in [-0.2, -0.15) is 0 Å². The van der Waals surface area contributed by atoms with E-state index in [4.69, 9.17) is 4.42 Å². The van der Waals surface area contributed by atoms with Gasteiger partial charge in [0.05, 0.1) is 5.69 Å². The summed E-state index contributed by atoms with van der Waals surface area (Å²) in [5.74, 6) is 0. The van der Waals surface area contributed by atoms with Gasteiger partial charge in [0.2, 0.25) is 0 Å². The predicted molar refractivity (Wildman–Crippen MR) is 237 cm³/mol. The van der Waals surface area contributed by atoms with Gasteiger partial charge in [-0.05, 0) is 103 Å². The fourth-order valence-corrected chi connectivity index (χ4v) is 8.74. The number of furan rings is 1. The lowest BCUT2D eigenvalue weighted by Gasteiger charge is -2.28. The Morgan fingerprint density at radius 3 is 1.59 bits per heavy atom. The SMILES string of the molecule is c1ccc(-c2ccc(-c3cccc(N(c4ccccc4)c4ccccc4-c4cccc5c6ccc7oc8ccccc8c7c6c6ccccc6c45)c3)cc2)cc1. The molecule has 0 amide bonds. The van der Waals surface area contributed by atoms with Gasteiger partial charge in [0.25, 0.3) is 0 Å². The summed E-state index contributed by atoms with van der Waals surface area (Å²) >= 11 is 0. The second kappa shape index (κ2) is 13.2. The van der Waals surface area contributed by atoms with Gasteiger partial charge >= 0.3 is 0 Å². The minimum absolute atomic E-state index is 0.913. The van der Waals surface area contributed by atoms with Crippen LogP contribution in [0, 0.1) is 0 Å². The maximum Gasteiger partial charge on any atom is 0.136 e. The number of fused-ring (bicyclic) bond motifs is 10. The summed E-state index contributed by atoms with van der Waals surface area (Å²) < 4.78 is 6.40. The number of rotatable bonds is 6. The molecular formula is C54H35NO. The van der Waals surface area contributed by atoms with Crippen molar-refractivity contribution in [2.45, 2.75) is 0 Å². The van der Waals surface area contributed by atoms with Crippen LogP contribution in [0.25, 0.3) is 87.6 Å². The van der Waals surface area contributed by atoms with E-state index in [9.17, 15) is 0 Å². The van der Waals surface area contributed by atoms with Crippen LogP contribution in [0.1, 0.15) is 0 Å². The molecule has 11 rings (SSSR count). The molecule has 56 heavy (non-hydrogen) atoms. The molecule has 0 aliphatic rings. The Labute approximate surface area is 325 Å². The molecule has 1 aromatic heterocycles. The van der Waals surface area contributed by atoms with Gasteiger partial charge < -0.3 is 9.32 Å². The Hall–Kier alpha value is -7.42. The lowest BCUT2D eigenvalue weighted by atomic mass is 9.87. The van der Waals surface area contributed by atoms with Crippen LogP contribution in [0.2, 0.25) is 0 Å². The number of anilines is 3. The first kappa shape index (κ1) is 32.0. The van der Waals surface area contributed by atoms with Gasteiger partial charge in [-0.1, -0.05) is 164 Å². The molecule has 11 aromatic rings. The summed E-state index contributed by atoms with van der Waals surface area (Å²) in [7, 11) is 0. The molecule has 2 heteroatoms. The van der Waals surface area contributed by atoms with Gasteiger partial charge in [0.15, 0.2) is 0 Å². The van der Waals surface area contributed by atoms with Crippen LogP contribution in [0.4, 0.5) is 17.1 Å². The van der Waals surface area contributed by atoms with E-state index in [-0.39, 0.29) is 0 Å². The van der Waals surface area contributed by atoms with E-state index in [2.05, 4.69) is 211 Å². The summed E-state index contributed by atoms with van der Waals surface area (Å²) in [4.78, 5) is 2.40. The second-order valence-corrected chi connectivity index (χ2v) is 14.4. The number of nitrogens with zero attached hydrogens (tertiary/aromatic N) is 1. The maximum absolute atomic E-state index is 6.40. The fourth-order valence-electron chi connectivity index (χ4n) is 8.74. The highest BCUT2D eigenvalue weighted by molar-refractivity contribution is 6.36. The van der Waals surface area contributed by atoms with E-state index in [1.165, 1.54) is 71.1 Å². The highest BCUT2D eigenvalue weighted by Crippen LogP contribution is 2.48. The van der Waals surface area contributed by atoms with Crippen molar-refractivity contribution in [1.29, 1.82) is 0 Å². The van der Waals surface area contributed by atoms with Crippen molar-refractivity contribution < 1.29 is 4.42 Å². The van der Waals surface area contributed by atoms with Crippen LogP contribution in [0.15, 0.2) is 217 Å². The number of para-hydroxylation sites is 3. The smallest absolute Gasteiger partial charge is 0.136 e. The molecule has 0 bridgehead atoms. The largest absolute Gasteiger partial charge is 0.456 e. The molecule has 0 saturated carbocycles. The van der Waals surface area contributed by atoms with Crippen LogP contribution in [0.3, 0.4) is 0 Å². The first-order valence-electron chi connectivity index (χ1n) is 19.2. The summed E-state index contributed by atoms with van der Waals surface area (Å²) in [6.45, 7) is 0. The summed E-state index contributed by atoms with van der Waals surface area (Å²) in [5.41, 5.74) is 12.3. The third kappa shape index (κ3) is 5.19. The van der Waals surface area contributed by atoms with Crippen LogP contribution in [0.5, 0.6) is 0 Å². The van der Waals surface area contributed by atoms with Crippen LogP contribution < -0.4 is 4.90 Å². The molecule has 10 aromatic carbocycles. The Morgan fingerprint density at radius 2 is 0.804 bits per heavy atom. The highest BCUT2D eigenvalue weighted by Gasteiger charge is 2.22. The van der Waals surface area contributed by atoms with Crippen molar-refractivity contribution >= 4 is 71.3 Å². The van der Waals surface area contributed by atoms with Crippen molar-refractivity contribution in [2.24, 2.45) is 0 Å². The summed E-state index contributed by atoms with van der Waals surface area (Å²) in [6.07, 6.45) is 0. The van der Waals surface area contributed by atoms with Crippen molar-refractivity contribution in [2.75, 3.05) is 4.90 Å². The topological polar surface area (TPSA) is 16.4 Å². The monoisotopic (exact) mass is 713 g/mol. The van der Waals surface area contributed by atoms with Crippen LogP contribution in [-0.2, 0) is 0 Å². The molecule has 0 N–H and O–H groups in total. The Bertz CT molecular complexity index is 3200. The van der Waals surface area contributed by atoms with Crippen molar-refractivity contribution in [3.63, 3.8) is 0 Å². The number of hydrogen-bond donors (Lipinski definition) is 0. The summed E-state index contributed by atoms with van der Waals surface area (Å²) in [6, 6.07) is 76.4. The third-order valence-electron chi connectivity index (χ3n) is 11.2. The average molecular weight is 714 g/mol. The standard InChI is InChI=1S/C54H35NO/c1-3-15-36(16-4-1)37-29-31-38(32-30-37)39-17-13-20-41(35-39)55(40-18-5-2-6-19-40)49-27-11-9-21-42(49)43-25-14-26-45-47-33-34-51-54(48-24-10-12-28-50(48)56-51)53(47)46-23-8-7-22-44(46)52(43)45/h1-35H. The highest BCUT2D eigenvalue weighted by atomic mass is 16.3. The number of hydrogen-bond acceptors (Lipinski definition) is 2. The van der Waals surface area contributed by atoms with E-state index >= 15 is 0 Å². The molecule has 0 aliphatic carbocycles. The molecule has 1 heterocycles. The zero-order chi connectivity index (χ0) is 37.0. The van der Waals surface area contributed by atoms with Crippen LogP contribution >= 0.6 is 0 Å². The zero-order valence-corrected chi connectivity index (χ0v) is 30.6. The predicted octanol–water partition coefficient (Wildman–Crippen LogP) is 15.5. The molecule has 2 nitrogen and oxygen atoms in total. The molecule has 0 fully saturated rings. The first-order chi connectivity index (χ1) is 27.8. The second-order valence-electron chi connectivity index (χ2n) is 14.4. The quantitative estimate of drug-likeness (QED) is 0.160. The van der Waals surface area contributed by atoms with Crippen LogP contribution in [-0.4, -0.2) is 0 Å². The molecule has 0 saturated heterocycles. The van der Waals surface area contributed by atoms with Gasteiger partial charge in [-0.15, -0.1) is 0 Å². The molecular weight excluding hydrogens is 679 g/mol. The van der Waals surface area contributed by atoms with Gasteiger partial charge in [-0.25, -0.2) is 0 Å². The van der Waals surface area contributed by atoms with Crippen molar-refractivity contribution in [1.82, 2.24) is 0 Å². The molecule has 0 spiro atoms. The van der Waals surface area contributed by atoms with E-state index < -0.39 is 0 Å². The zero-order valence-electron chi connectivity index (χ0n) is 30.6. The molecule has 262 valence electrons. The summed E-state index contributed by atoms with van der Waals surface area (Å²) in [5, 5.41) is 9.71. The van der Waals surface area contributed by atoms with Crippen molar-refractivity contribution in [3.05, 3.63) is 212 Å². The van der Waals surface area contributed by atoms with Gasteiger partial charge in [0.1, 0.15) is 11.2 Å². The Balaban J connectivity index is 1.12.